The number of fused-ring (bicyclic) bond motifs is 1. The summed E-state index contributed by atoms with van der Waals surface area (Å²) < 4.78 is 42.5. The van der Waals surface area contributed by atoms with Crippen molar-refractivity contribution in [2.24, 2.45) is 29.6 Å². The van der Waals surface area contributed by atoms with E-state index in [1.807, 2.05) is 0 Å². The Morgan fingerprint density at radius 1 is 0.911 bits per heavy atom. The largest absolute Gasteiger partial charge is 0.519 e. The molecule has 0 amide bonds. The molecule has 0 aromatic carbocycles. The van der Waals surface area contributed by atoms with Crippen LogP contribution in [0.1, 0.15) is 80.6 Å². The second kappa shape index (κ2) is 16.2. The van der Waals surface area contributed by atoms with Gasteiger partial charge in [0.2, 0.25) is 0 Å². The topological polar surface area (TPSA) is 81.7 Å². The monoisotopic (exact) mass is 670 g/mol. The highest BCUT2D eigenvalue weighted by Crippen LogP contribution is 2.48. The van der Waals surface area contributed by atoms with E-state index in [0.29, 0.717) is 32.3 Å². The van der Waals surface area contributed by atoms with Crippen molar-refractivity contribution >= 4 is 22.6 Å². The van der Waals surface area contributed by atoms with E-state index in [-0.39, 0.29) is 65.0 Å². The van der Waals surface area contributed by atoms with Gasteiger partial charge in [-0.05, 0) is 86.1 Å². The van der Waals surface area contributed by atoms with Crippen LogP contribution in [-0.4, -0.2) is 81.4 Å². The smallest absolute Gasteiger partial charge is 0.296 e. The van der Waals surface area contributed by atoms with E-state index in [2.05, 4.69) is 86.8 Å². The third kappa shape index (κ3) is 10.4. The Bertz CT molecular complexity index is 950. The molecule has 2 fully saturated rings. The predicted molar refractivity (Wildman–Crippen MR) is 184 cm³/mol. The minimum absolute atomic E-state index is 0.00153. The summed E-state index contributed by atoms with van der Waals surface area (Å²) in [5.41, 5.74) is 0. The van der Waals surface area contributed by atoms with Crippen LogP contribution in [0.15, 0.2) is 12.2 Å². The van der Waals surface area contributed by atoms with Crippen LogP contribution < -0.4 is 0 Å². The van der Waals surface area contributed by atoms with Crippen molar-refractivity contribution < 1.29 is 37.3 Å². The molecule has 2 aliphatic carbocycles. The first-order chi connectivity index (χ1) is 20.9. The number of rotatable bonds is 15. The Morgan fingerprint density at radius 2 is 1.56 bits per heavy atom. The summed E-state index contributed by atoms with van der Waals surface area (Å²) in [7, 11) is -2.76. The van der Waals surface area contributed by atoms with Gasteiger partial charge in [0, 0.05) is 19.1 Å². The first-order valence-electron chi connectivity index (χ1n) is 17.4. The summed E-state index contributed by atoms with van der Waals surface area (Å²) in [6.07, 6.45) is 8.99. The molecule has 262 valence electrons. The van der Waals surface area contributed by atoms with Crippen molar-refractivity contribution in [1.29, 1.82) is 0 Å². The fourth-order valence-corrected chi connectivity index (χ4v) is 8.78. The van der Waals surface area contributed by atoms with E-state index in [9.17, 15) is 4.79 Å². The number of hydrogen-bond donors (Lipinski definition) is 0. The van der Waals surface area contributed by atoms with Crippen molar-refractivity contribution in [2.75, 3.05) is 40.3 Å². The highest BCUT2D eigenvalue weighted by molar-refractivity contribution is 6.75. The van der Waals surface area contributed by atoms with E-state index in [4.69, 9.17) is 32.5 Å². The maximum absolute atomic E-state index is 14.4. The van der Waals surface area contributed by atoms with Gasteiger partial charge in [-0.2, -0.15) is 0 Å². The van der Waals surface area contributed by atoms with Crippen LogP contribution in [0.4, 0.5) is 0 Å². The van der Waals surface area contributed by atoms with Crippen LogP contribution in [0.2, 0.25) is 36.3 Å². The van der Waals surface area contributed by atoms with Gasteiger partial charge < -0.3 is 32.5 Å². The summed E-state index contributed by atoms with van der Waals surface area (Å²) in [5, 5.41) is 0.0127. The summed E-state index contributed by atoms with van der Waals surface area (Å²) >= 11 is 0. The average Bonchev–Trinajstić information content (AvgIpc) is 3.55. The predicted octanol–water partition coefficient (Wildman–Crippen LogP) is 7.94. The fourth-order valence-electron chi connectivity index (χ4n) is 6.45. The average molecular weight is 671 g/mol. The Labute approximate surface area is 276 Å². The lowest BCUT2D eigenvalue weighted by molar-refractivity contribution is -0.144. The second-order valence-corrected chi connectivity index (χ2v) is 26.2. The van der Waals surface area contributed by atoms with Crippen molar-refractivity contribution in [1.82, 2.24) is 0 Å². The number of methoxy groups -OCH3 is 1. The SMILES string of the molecule is COCCOCO[C@H]1CC[C@@H]2[C@H]1C=C[C@@H]([C@H](C(=O)O[Si](C)(C)C(C)(C)C)[C@@H](C)CCC1OCCO1)C[C@@H]2O[Si](C)(C)C(C)(C)C. The standard InChI is InChI=1S/C35H66O8Si2/c1-25(13-18-31-39-21-22-40-31)32(33(36)43-45(11,12)35(5,6)7)26-14-15-27-28(16-17-29(27)41-24-38-20-19-37-8)30(23-26)42-44(9,10)34(2,3)4/h14-15,25-32H,13,16-24H2,1-12H3/t25-,26+,27+,28+,29-,30-,32+/m0/s1. The van der Waals surface area contributed by atoms with Gasteiger partial charge in [-0.1, -0.05) is 60.6 Å². The number of hydrogen-bond acceptors (Lipinski definition) is 8. The Kier molecular flexibility index (Phi) is 14.0. The van der Waals surface area contributed by atoms with Crippen LogP contribution in [0, 0.1) is 29.6 Å². The van der Waals surface area contributed by atoms with Crippen molar-refractivity contribution in [3.05, 3.63) is 12.2 Å². The molecule has 7 atom stereocenters. The van der Waals surface area contributed by atoms with Gasteiger partial charge in [-0.15, -0.1) is 0 Å². The molecule has 1 heterocycles. The molecular formula is C35H66O8Si2. The van der Waals surface area contributed by atoms with Gasteiger partial charge in [-0.3, -0.25) is 4.79 Å². The van der Waals surface area contributed by atoms with Gasteiger partial charge in [0.1, 0.15) is 6.79 Å². The normalized spacial score (nSPS) is 28.1. The van der Waals surface area contributed by atoms with Crippen LogP contribution in [0.25, 0.3) is 0 Å². The quantitative estimate of drug-likeness (QED) is 0.0752. The third-order valence-electron chi connectivity index (χ3n) is 11.4. The van der Waals surface area contributed by atoms with Gasteiger partial charge in [0.05, 0.1) is 38.4 Å². The van der Waals surface area contributed by atoms with Gasteiger partial charge in [0.25, 0.3) is 14.3 Å². The molecule has 45 heavy (non-hydrogen) atoms. The molecule has 0 unspecified atom stereocenters. The van der Waals surface area contributed by atoms with E-state index >= 15 is 0 Å². The molecule has 0 radical (unpaired) electrons. The number of carbonyl (C=O) groups excluding carboxylic acids is 1. The lowest BCUT2D eigenvalue weighted by Gasteiger charge is -2.43. The molecule has 0 spiro atoms. The zero-order valence-corrected chi connectivity index (χ0v) is 32.6. The third-order valence-corrected chi connectivity index (χ3v) is 20.2. The molecule has 0 aromatic rings. The summed E-state index contributed by atoms with van der Waals surface area (Å²) in [5.74, 6) is 0.298. The molecule has 0 N–H and O–H groups in total. The Morgan fingerprint density at radius 3 is 2.16 bits per heavy atom. The zero-order chi connectivity index (χ0) is 33.6. The number of carbonyl (C=O) groups is 1. The minimum Gasteiger partial charge on any atom is -0.519 e. The Balaban J connectivity index is 1.93. The van der Waals surface area contributed by atoms with Crippen molar-refractivity contribution in [3.8, 4) is 0 Å². The van der Waals surface area contributed by atoms with Crippen LogP contribution in [0.5, 0.6) is 0 Å². The van der Waals surface area contributed by atoms with Crippen LogP contribution in [0.3, 0.4) is 0 Å². The molecule has 1 saturated carbocycles. The number of ether oxygens (including phenoxy) is 5. The minimum atomic E-state index is -2.33. The highest BCUT2D eigenvalue weighted by atomic mass is 28.4. The molecule has 10 heteroatoms. The maximum atomic E-state index is 14.4. The van der Waals surface area contributed by atoms with Gasteiger partial charge in [-0.25, -0.2) is 0 Å². The van der Waals surface area contributed by atoms with Gasteiger partial charge in [0.15, 0.2) is 14.6 Å². The second-order valence-electron chi connectivity index (χ2n) is 16.7. The fraction of sp³-hybridized carbons (Fsp3) is 0.914. The van der Waals surface area contributed by atoms with E-state index in [0.717, 1.165) is 32.1 Å². The molecule has 8 nitrogen and oxygen atoms in total. The highest BCUT2D eigenvalue weighted by Gasteiger charge is 2.50. The molecule has 1 saturated heterocycles. The Hall–Kier alpha value is -0.596. The lowest BCUT2D eigenvalue weighted by Crippen LogP contribution is -2.48. The molecule has 3 rings (SSSR count). The number of allylic oxidation sites excluding steroid dienone is 1. The van der Waals surface area contributed by atoms with E-state index in [1.54, 1.807) is 7.11 Å². The molecule has 0 aromatic heterocycles. The maximum Gasteiger partial charge on any atom is 0.296 e. The van der Waals surface area contributed by atoms with E-state index < -0.39 is 16.6 Å². The van der Waals surface area contributed by atoms with Gasteiger partial charge >= 0.3 is 0 Å². The first-order valence-corrected chi connectivity index (χ1v) is 23.2. The summed E-state index contributed by atoms with van der Waals surface area (Å²) in [6, 6.07) is 0. The van der Waals surface area contributed by atoms with Crippen LogP contribution >= 0.6 is 0 Å². The molecular weight excluding hydrogens is 605 g/mol. The molecule has 3 aliphatic rings. The molecule has 0 bridgehead atoms. The van der Waals surface area contributed by atoms with Crippen LogP contribution in [-0.2, 0) is 37.3 Å². The van der Waals surface area contributed by atoms with E-state index in [1.165, 1.54) is 0 Å². The molecule has 1 aliphatic heterocycles. The summed E-state index contributed by atoms with van der Waals surface area (Å²) in [6.45, 7) is 27.3. The lowest BCUT2D eigenvalue weighted by atomic mass is 9.77. The van der Waals surface area contributed by atoms with Crippen molar-refractivity contribution in [2.45, 2.75) is 135 Å². The zero-order valence-electron chi connectivity index (χ0n) is 30.6. The summed E-state index contributed by atoms with van der Waals surface area (Å²) in [4.78, 5) is 14.4. The first kappa shape index (κ1) is 38.8. The van der Waals surface area contributed by atoms with Crippen molar-refractivity contribution in [3.63, 3.8) is 0 Å².